The molecular weight excluding hydrogens is 413 g/mol. The van der Waals surface area contributed by atoms with Crippen molar-refractivity contribution < 1.29 is 13.2 Å². The molecular formula is C22H21F3N2S2. The zero-order valence-corrected chi connectivity index (χ0v) is 17.9. The molecule has 0 aliphatic rings. The lowest BCUT2D eigenvalue weighted by atomic mass is 10.1. The zero-order chi connectivity index (χ0) is 21.1. The van der Waals surface area contributed by atoms with Crippen LogP contribution in [0.15, 0.2) is 59.6 Å². The Morgan fingerprint density at radius 3 is 2.55 bits per heavy atom. The van der Waals surface area contributed by atoms with Crippen LogP contribution in [0.4, 0.5) is 13.2 Å². The van der Waals surface area contributed by atoms with Gasteiger partial charge in [0.15, 0.2) is 0 Å². The maximum atomic E-state index is 13.5. The summed E-state index contributed by atoms with van der Waals surface area (Å²) in [6, 6.07) is 14.0. The number of benzene rings is 2. The van der Waals surface area contributed by atoms with Crippen molar-refractivity contribution in [3.8, 4) is 11.2 Å². The van der Waals surface area contributed by atoms with Crippen molar-refractivity contribution in [3.05, 3.63) is 71.4 Å². The molecule has 3 aromatic rings. The minimum absolute atomic E-state index is 0.0180. The standard InChI is InChI=1S/C22H21F3N2S2/c1-29(2,3)13-11-16-8-9-18(14-20(16)22(23,24)25)28-27-15-17-10-12-26-21-7-5-4-6-19(17)21/h4-10,12,14,27H,15H2,1-3H3. The van der Waals surface area contributed by atoms with Crippen LogP contribution < -0.4 is 4.72 Å². The van der Waals surface area contributed by atoms with E-state index in [0.29, 0.717) is 11.4 Å². The molecule has 0 fully saturated rings. The summed E-state index contributed by atoms with van der Waals surface area (Å²) in [4.78, 5) is 4.81. The predicted octanol–water partition coefficient (Wildman–Crippen LogP) is 6.05. The molecule has 1 heterocycles. The van der Waals surface area contributed by atoms with Crippen molar-refractivity contribution in [2.45, 2.75) is 17.6 Å². The van der Waals surface area contributed by atoms with E-state index in [1.54, 1.807) is 12.3 Å². The van der Waals surface area contributed by atoms with E-state index >= 15 is 0 Å². The maximum Gasteiger partial charge on any atom is 0.417 e. The Balaban J connectivity index is 1.78. The lowest BCUT2D eigenvalue weighted by Crippen LogP contribution is -2.09. The van der Waals surface area contributed by atoms with Crippen LogP contribution in [-0.4, -0.2) is 23.8 Å². The van der Waals surface area contributed by atoms with Gasteiger partial charge in [-0.15, -0.1) is 0 Å². The van der Waals surface area contributed by atoms with E-state index in [1.807, 2.05) is 49.1 Å². The Kier molecular flexibility index (Phi) is 6.47. The van der Waals surface area contributed by atoms with Crippen LogP contribution in [0.5, 0.6) is 0 Å². The topological polar surface area (TPSA) is 24.9 Å². The number of halogens is 3. The molecule has 2 nitrogen and oxygen atoms in total. The van der Waals surface area contributed by atoms with Crippen molar-refractivity contribution in [2.75, 3.05) is 18.8 Å². The lowest BCUT2D eigenvalue weighted by molar-refractivity contribution is -0.137. The Morgan fingerprint density at radius 1 is 1.07 bits per heavy atom. The quantitative estimate of drug-likeness (QED) is 0.399. The first-order valence-electron chi connectivity index (χ1n) is 8.78. The van der Waals surface area contributed by atoms with E-state index in [1.165, 1.54) is 18.0 Å². The molecule has 152 valence electrons. The molecule has 0 radical (unpaired) electrons. The highest BCUT2D eigenvalue weighted by Crippen LogP contribution is 2.36. The zero-order valence-electron chi connectivity index (χ0n) is 16.3. The molecule has 0 spiro atoms. The predicted molar refractivity (Wildman–Crippen MR) is 118 cm³/mol. The second kappa shape index (κ2) is 8.70. The SMILES string of the molecule is CS(C)(C)C#Cc1ccc(SNCc2ccnc3ccccc23)cc1C(F)(F)F. The van der Waals surface area contributed by atoms with Gasteiger partial charge in [0.05, 0.1) is 11.1 Å². The van der Waals surface area contributed by atoms with Crippen LogP contribution in [0, 0.1) is 11.2 Å². The van der Waals surface area contributed by atoms with Crippen molar-refractivity contribution in [3.63, 3.8) is 0 Å². The Bertz CT molecular complexity index is 1070. The molecule has 1 N–H and O–H groups in total. The number of hydrogen-bond acceptors (Lipinski definition) is 3. The van der Waals surface area contributed by atoms with E-state index in [-0.39, 0.29) is 5.56 Å². The smallest absolute Gasteiger partial charge is 0.256 e. The van der Waals surface area contributed by atoms with Gasteiger partial charge in [-0.05, 0) is 71.9 Å². The summed E-state index contributed by atoms with van der Waals surface area (Å²) >= 11 is 1.17. The second-order valence-corrected chi connectivity index (χ2v) is 12.0. The van der Waals surface area contributed by atoms with Crippen LogP contribution in [-0.2, 0) is 12.7 Å². The first-order valence-corrected chi connectivity index (χ1v) is 12.5. The average molecular weight is 435 g/mol. The summed E-state index contributed by atoms with van der Waals surface area (Å²) < 4.78 is 43.7. The summed E-state index contributed by atoms with van der Waals surface area (Å²) in [6.45, 7) is 0.504. The fraction of sp³-hybridized carbons (Fsp3) is 0.227. The maximum absolute atomic E-state index is 13.5. The monoisotopic (exact) mass is 434 g/mol. The van der Waals surface area contributed by atoms with Gasteiger partial charge >= 0.3 is 6.18 Å². The van der Waals surface area contributed by atoms with Gasteiger partial charge in [0.1, 0.15) is 0 Å². The fourth-order valence-electron chi connectivity index (χ4n) is 2.64. The fourth-order valence-corrected chi connectivity index (χ4v) is 3.77. The number of hydrogen-bond donors (Lipinski definition) is 1. The number of alkyl halides is 3. The summed E-state index contributed by atoms with van der Waals surface area (Å²) in [5, 5.41) is 3.98. The third-order valence-electron chi connectivity index (χ3n) is 3.98. The van der Waals surface area contributed by atoms with Gasteiger partial charge in [-0.25, -0.2) is 0 Å². The summed E-state index contributed by atoms with van der Waals surface area (Å²) in [5.41, 5.74) is 1.24. The largest absolute Gasteiger partial charge is 0.417 e. The molecule has 3 rings (SSSR count). The highest BCUT2D eigenvalue weighted by atomic mass is 32.3. The second-order valence-electron chi connectivity index (χ2n) is 7.18. The van der Waals surface area contributed by atoms with Crippen molar-refractivity contribution in [1.82, 2.24) is 9.71 Å². The Labute approximate surface area is 174 Å². The van der Waals surface area contributed by atoms with E-state index in [9.17, 15) is 13.2 Å². The Morgan fingerprint density at radius 2 is 1.83 bits per heavy atom. The van der Waals surface area contributed by atoms with Gasteiger partial charge in [-0.3, -0.25) is 9.71 Å². The normalized spacial score (nSPS) is 12.5. The molecule has 7 heteroatoms. The summed E-state index contributed by atoms with van der Waals surface area (Å²) in [7, 11) is -1.21. The first kappa shape index (κ1) is 21.6. The van der Waals surface area contributed by atoms with Gasteiger partial charge in [-0.2, -0.15) is 23.2 Å². The molecule has 1 aromatic heterocycles. The number of pyridine rings is 1. The van der Waals surface area contributed by atoms with Crippen molar-refractivity contribution >= 4 is 32.9 Å². The molecule has 0 atom stereocenters. The van der Waals surface area contributed by atoms with Crippen molar-refractivity contribution in [1.29, 1.82) is 0 Å². The van der Waals surface area contributed by atoms with Crippen LogP contribution in [0.2, 0.25) is 0 Å². The highest BCUT2D eigenvalue weighted by molar-refractivity contribution is 8.35. The van der Waals surface area contributed by atoms with Gasteiger partial charge in [0, 0.05) is 28.6 Å². The van der Waals surface area contributed by atoms with E-state index in [4.69, 9.17) is 0 Å². The molecule has 0 bridgehead atoms. The lowest BCUT2D eigenvalue weighted by Gasteiger charge is -2.16. The summed E-state index contributed by atoms with van der Waals surface area (Å²) in [5.74, 6) is 2.72. The van der Waals surface area contributed by atoms with Gasteiger partial charge in [0.25, 0.3) is 0 Å². The molecule has 0 aliphatic heterocycles. The van der Waals surface area contributed by atoms with Crippen LogP contribution >= 0.6 is 22.0 Å². The number of rotatable bonds is 4. The molecule has 0 unspecified atom stereocenters. The summed E-state index contributed by atoms with van der Waals surface area (Å²) in [6.07, 6.45) is 3.13. The highest BCUT2D eigenvalue weighted by Gasteiger charge is 2.33. The third kappa shape index (κ3) is 5.92. The molecule has 0 saturated heterocycles. The van der Waals surface area contributed by atoms with E-state index in [2.05, 4.69) is 20.9 Å². The van der Waals surface area contributed by atoms with E-state index in [0.717, 1.165) is 22.5 Å². The number of fused-ring (bicyclic) bond motifs is 1. The van der Waals surface area contributed by atoms with Gasteiger partial charge in [0.2, 0.25) is 0 Å². The first-order chi connectivity index (χ1) is 13.6. The van der Waals surface area contributed by atoms with Gasteiger partial charge < -0.3 is 0 Å². The molecule has 0 aliphatic carbocycles. The molecule has 0 saturated carbocycles. The molecule has 29 heavy (non-hydrogen) atoms. The van der Waals surface area contributed by atoms with Crippen LogP contribution in [0.1, 0.15) is 16.7 Å². The van der Waals surface area contributed by atoms with Crippen molar-refractivity contribution in [2.24, 2.45) is 0 Å². The van der Waals surface area contributed by atoms with E-state index < -0.39 is 21.8 Å². The molecule has 2 aromatic carbocycles. The third-order valence-corrected chi connectivity index (χ3v) is 5.47. The number of nitrogens with one attached hydrogen (secondary N) is 1. The number of nitrogens with zero attached hydrogens (tertiary/aromatic N) is 1. The minimum Gasteiger partial charge on any atom is -0.256 e. The van der Waals surface area contributed by atoms with Gasteiger partial charge in [-0.1, -0.05) is 24.1 Å². The van der Waals surface area contributed by atoms with Crippen LogP contribution in [0.25, 0.3) is 10.9 Å². The minimum atomic E-state index is -4.45. The molecule has 0 amide bonds. The average Bonchev–Trinajstić information content (AvgIpc) is 2.65. The Hall–Kier alpha value is -2.14. The number of para-hydroxylation sites is 1. The van der Waals surface area contributed by atoms with Crippen LogP contribution in [0.3, 0.4) is 0 Å². The number of aromatic nitrogens is 1.